The second-order valence-corrected chi connectivity index (χ2v) is 8.16. The van der Waals surface area contributed by atoms with Crippen LogP contribution in [-0.4, -0.2) is 27.4 Å². The van der Waals surface area contributed by atoms with Crippen molar-refractivity contribution in [2.75, 3.05) is 6.54 Å². The Bertz CT molecular complexity index is 1020. The van der Waals surface area contributed by atoms with Crippen LogP contribution in [0.25, 0.3) is 6.08 Å². The molecule has 150 valence electrons. The fourth-order valence-electron chi connectivity index (χ4n) is 2.74. The Morgan fingerprint density at radius 2 is 1.97 bits per heavy atom. The van der Waals surface area contributed by atoms with Gasteiger partial charge >= 0.3 is 0 Å². The van der Waals surface area contributed by atoms with Crippen LogP contribution in [0.15, 0.2) is 51.0 Å². The number of ether oxygens (including phenoxy) is 1. The van der Waals surface area contributed by atoms with Crippen molar-refractivity contribution < 1.29 is 14.5 Å². The molecule has 0 spiro atoms. The molecule has 2 aromatic rings. The van der Waals surface area contributed by atoms with E-state index in [1.165, 1.54) is 17.0 Å². The van der Waals surface area contributed by atoms with E-state index in [0.717, 1.165) is 5.56 Å². The quantitative estimate of drug-likeness (QED) is 0.246. The average molecular weight is 541 g/mol. The lowest BCUT2D eigenvalue weighted by molar-refractivity contribution is -0.384. The predicted octanol–water partition coefficient (Wildman–Crippen LogP) is 4.78. The number of nitro benzene ring substituents is 1. The van der Waals surface area contributed by atoms with Gasteiger partial charge in [-0.3, -0.25) is 19.8 Å². The molecule has 1 aliphatic heterocycles. The number of likely N-dealkylation sites (N-methyl/N-ethyl adjacent to an activating group) is 1. The van der Waals surface area contributed by atoms with Gasteiger partial charge < -0.3 is 10.1 Å². The zero-order valence-electron chi connectivity index (χ0n) is 15.1. The molecule has 0 atom stereocenters. The Morgan fingerprint density at radius 3 is 2.55 bits per heavy atom. The minimum atomic E-state index is -0.443. The maximum Gasteiger partial charge on any atom is 0.276 e. The number of halogens is 2. The van der Waals surface area contributed by atoms with E-state index in [1.807, 2.05) is 19.1 Å². The zero-order chi connectivity index (χ0) is 21.1. The van der Waals surface area contributed by atoms with Gasteiger partial charge in [0, 0.05) is 18.7 Å². The summed E-state index contributed by atoms with van der Waals surface area (Å²) in [5, 5.41) is 14.2. The van der Waals surface area contributed by atoms with Crippen LogP contribution >= 0.6 is 44.1 Å². The summed E-state index contributed by atoms with van der Waals surface area (Å²) in [6.45, 7) is 2.52. The van der Waals surface area contributed by atoms with Gasteiger partial charge in [-0.05, 0) is 80.3 Å². The molecule has 0 radical (unpaired) electrons. The van der Waals surface area contributed by atoms with Crippen molar-refractivity contribution in [2.45, 2.75) is 13.5 Å². The van der Waals surface area contributed by atoms with Gasteiger partial charge in [-0.1, -0.05) is 12.1 Å². The van der Waals surface area contributed by atoms with Crippen LogP contribution in [0.5, 0.6) is 5.75 Å². The number of hydrogen-bond acceptors (Lipinski definition) is 5. The molecule has 1 aliphatic rings. The van der Waals surface area contributed by atoms with Gasteiger partial charge in [-0.2, -0.15) is 0 Å². The van der Waals surface area contributed by atoms with Crippen LogP contribution in [-0.2, 0) is 11.4 Å². The monoisotopic (exact) mass is 539 g/mol. The average Bonchev–Trinajstić information content (AvgIpc) is 2.93. The second-order valence-electron chi connectivity index (χ2n) is 6.07. The summed E-state index contributed by atoms with van der Waals surface area (Å²) in [5.41, 5.74) is 1.86. The van der Waals surface area contributed by atoms with Crippen LogP contribution in [0.4, 0.5) is 5.69 Å². The molecule has 1 heterocycles. The second kappa shape index (κ2) is 9.02. The molecule has 3 rings (SSSR count). The number of hydrogen-bond donors (Lipinski definition) is 1. The molecule has 0 saturated carbocycles. The summed E-state index contributed by atoms with van der Waals surface area (Å²) in [4.78, 5) is 24.3. The van der Waals surface area contributed by atoms with E-state index in [2.05, 4.69) is 37.2 Å². The van der Waals surface area contributed by atoms with Gasteiger partial charge in [-0.15, -0.1) is 0 Å². The number of carbonyl (C=O) groups is 1. The third-order valence-electron chi connectivity index (χ3n) is 4.11. The van der Waals surface area contributed by atoms with Gasteiger partial charge in [0.25, 0.3) is 11.6 Å². The van der Waals surface area contributed by atoms with Crippen LogP contribution in [0, 0.1) is 10.1 Å². The third-order valence-corrected chi connectivity index (χ3v) is 5.62. The normalized spacial score (nSPS) is 15.0. The summed E-state index contributed by atoms with van der Waals surface area (Å²) in [5.74, 6) is 0.380. The largest absolute Gasteiger partial charge is 0.487 e. The first-order valence-electron chi connectivity index (χ1n) is 8.50. The first-order valence-corrected chi connectivity index (χ1v) is 10.5. The number of thiocarbonyl (C=S) groups is 1. The number of nitrogens with zero attached hydrogens (tertiary/aromatic N) is 2. The van der Waals surface area contributed by atoms with Crippen molar-refractivity contribution in [3.63, 3.8) is 0 Å². The Hall–Kier alpha value is -2.30. The van der Waals surface area contributed by atoms with Gasteiger partial charge in [0.1, 0.15) is 18.1 Å². The molecule has 0 aliphatic carbocycles. The number of nitrogens with one attached hydrogen (secondary N) is 1. The lowest BCUT2D eigenvalue weighted by Gasteiger charge is -2.12. The van der Waals surface area contributed by atoms with E-state index in [-0.39, 0.29) is 18.2 Å². The fourth-order valence-corrected chi connectivity index (χ4v) is 4.51. The molecule has 0 bridgehead atoms. The van der Waals surface area contributed by atoms with Crippen LogP contribution in [0.1, 0.15) is 18.1 Å². The molecule has 2 aromatic carbocycles. The van der Waals surface area contributed by atoms with Crippen LogP contribution in [0.3, 0.4) is 0 Å². The van der Waals surface area contributed by atoms with Gasteiger partial charge in [-0.25, -0.2) is 0 Å². The number of benzene rings is 2. The summed E-state index contributed by atoms with van der Waals surface area (Å²) >= 11 is 12.1. The fraction of sp³-hybridized carbons (Fsp3) is 0.158. The van der Waals surface area contributed by atoms with Gasteiger partial charge in [0.05, 0.1) is 13.9 Å². The number of non-ortho nitro benzene ring substituents is 1. The molecule has 0 unspecified atom stereocenters. The van der Waals surface area contributed by atoms with Crippen LogP contribution < -0.4 is 10.1 Å². The van der Waals surface area contributed by atoms with Crippen molar-refractivity contribution in [1.29, 1.82) is 0 Å². The number of amides is 1. The van der Waals surface area contributed by atoms with E-state index in [4.69, 9.17) is 17.0 Å². The molecule has 1 N–H and O–H groups in total. The number of rotatable bonds is 6. The lowest BCUT2D eigenvalue weighted by Crippen LogP contribution is -2.30. The Balaban J connectivity index is 1.79. The highest BCUT2D eigenvalue weighted by atomic mass is 79.9. The predicted molar refractivity (Wildman–Crippen MR) is 120 cm³/mol. The number of nitro groups is 1. The highest BCUT2D eigenvalue weighted by Crippen LogP contribution is 2.36. The Morgan fingerprint density at radius 1 is 1.28 bits per heavy atom. The van der Waals surface area contributed by atoms with E-state index >= 15 is 0 Å². The molecular formula is C19H15Br2N3O4S. The highest BCUT2D eigenvalue weighted by Gasteiger charge is 2.29. The van der Waals surface area contributed by atoms with Crippen molar-refractivity contribution in [3.05, 3.63) is 72.3 Å². The summed E-state index contributed by atoms with van der Waals surface area (Å²) in [6, 6.07) is 9.90. The minimum absolute atomic E-state index is 0.0129. The van der Waals surface area contributed by atoms with Crippen molar-refractivity contribution in [1.82, 2.24) is 10.2 Å². The molecule has 10 heteroatoms. The summed E-state index contributed by atoms with van der Waals surface area (Å²) in [6.07, 6.45) is 1.71. The summed E-state index contributed by atoms with van der Waals surface area (Å²) < 4.78 is 7.18. The first-order chi connectivity index (χ1) is 13.8. The van der Waals surface area contributed by atoms with E-state index in [1.54, 1.807) is 18.2 Å². The zero-order valence-corrected chi connectivity index (χ0v) is 19.1. The topological polar surface area (TPSA) is 84.7 Å². The van der Waals surface area contributed by atoms with E-state index < -0.39 is 4.92 Å². The van der Waals surface area contributed by atoms with Gasteiger partial charge in [0.2, 0.25) is 0 Å². The maximum absolute atomic E-state index is 12.3. The highest BCUT2D eigenvalue weighted by molar-refractivity contribution is 9.11. The first kappa shape index (κ1) is 21.4. The third kappa shape index (κ3) is 4.82. The Kier molecular flexibility index (Phi) is 6.66. The number of carbonyl (C=O) groups excluding carboxylic acids is 1. The maximum atomic E-state index is 12.3. The standard InChI is InChI=1S/C19H15Br2N3O4S/c1-2-23-18(25)16(22-19(23)29)9-12-7-14(20)17(15(21)8-12)28-10-11-4-3-5-13(6-11)24(26)27/h3-9H,2,10H2,1H3,(H,22,29)/b16-9-. The smallest absolute Gasteiger partial charge is 0.276 e. The molecule has 1 amide bonds. The van der Waals surface area contributed by atoms with Crippen LogP contribution in [0.2, 0.25) is 0 Å². The Labute approximate surface area is 189 Å². The molecule has 7 nitrogen and oxygen atoms in total. The molecule has 1 fully saturated rings. The van der Waals surface area contributed by atoms with E-state index in [9.17, 15) is 14.9 Å². The summed E-state index contributed by atoms with van der Waals surface area (Å²) in [7, 11) is 0. The molecule has 1 saturated heterocycles. The van der Waals surface area contributed by atoms with Gasteiger partial charge in [0.15, 0.2) is 5.11 Å². The lowest BCUT2D eigenvalue weighted by atomic mass is 10.1. The van der Waals surface area contributed by atoms with Crippen molar-refractivity contribution in [3.8, 4) is 5.75 Å². The van der Waals surface area contributed by atoms with Crippen molar-refractivity contribution in [2.24, 2.45) is 0 Å². The molecular weight excluding hydrogens is 526 g/mol. The van der Waals surface area contributed by atoms with Crippen molar-refractivity contribution >= 4 is 66.9 Å². The molecule has 0 aromatic heterocycles. The minimum Gasteiger partial charge on any atom is -0.487 e. The van der Waals surface area contributed by atoms with E-state index in [0.29, 0.717) is 37.6 Å². The SMILES string of the molecule is CCN1C(=O)/C(=C/c2cc(Br)c(OCc3cccc([N+](=O)[O-])c3)c(Br)c2)NC1=S. The molecule has 29 heavy (non-hydrogen) atoms.